The number of amides is 1. The van der Waals surface area contributed by atoms with Gasteiger partial charge in [-0.15, -0.1) is 0 Å². The van der Waals surface area contributed by atoms with Crippen LogP contribution in [0.5, 0.6) is 0 Å². The van der Waals surface area contributed by atoms with Crippen LogP contribution in [0.25, 0.3) is 21.8 Å². The molecular weight excluding hydrogens is 342 g/mol. The van der Waals surface area contributed by atoms with Crippen LogP contribution >= 0.6 is 11.6 Å². The lowest BCUT2D eigenvalue weighted by Crippen LogP contribution is -2.36. The van der Waals surface area contributed by atoms with Crippen molar-refractivity contribution in [3.05, 3.63) is 35.6 Å². The van der Waals surface area contributed by atoms with Gasteiger partial charge in [0.2, 0.25) is 5.91 Å². The smallest absolute Gasteiger partial charge is 0.307 e. The highest BCUT2D eigenvalue weighted by molar-refractivity contribution is 6.33. The number of nitrogens with one attached hydrogen (secondary N) is 2. The lowest BCUT2D eigenvalue weighted by Gasteiger charge is -2.23. The Kier molecular flexibility index (Phi) is 3.47. The van der Waals surface area contributed by atoms with Crippen LogP contribution in [0.3, 0.4) is 0 Å². The van der Waals surface area contributed by atoms with Crippen LogP contribution in [-0.4, -0.2) is 27.4 Å². The summed E-state index contributed by atoms with van der Waals surface area (Å²) < 4.78 is 5.24. The summed E-state index contributed by atoms with van der Waals surface area (Å²) in [4.78, 5) is 31.7. The maximum atomic E-state index is 12.7. The van der Waals surface area contributed by atoms with Crippen molar-refractivity contribution in [1.29, 1.82) is 0 Å². The molecule has 3 heterocycles. The number of carbonyl (C=O) groups is 2. The number of ether oxygens (including phenoxy) is 1. The van der Waals surface area contributed by atoms with E-state index in [4.69, 9.17) is 16.3 Å². The zero-order chi connectivity index (χ0) is 17.8. The van der Waals surface area contributed by atoms with Crippen LogP contribution in [0.2, 0.25) is 5.02 Å². The number of esters is 1. The highest BCUT2D eigenvalue weighted by Gasteiger charge is 2.46. The second-order valence-corrected chi connectivity index (χ2v) is 7.18. The highest BCUT2D eigenvalue weighted by atomic mass is 35.5. The largest absolute Gasteiger partial charge is 0.459 e. The van der Waals surface area contributed by atoms with Crippen LogP contribution in [0.1, 0.15) is 20.3 Å². The fourth-order valence-corrected chi connectivity index (χ4v) is 3.58. The summed E-state index contributed by atoms with van der Waals surface area (Å²) in [6.45, 7) is 3.48. The molecule has 3 aromatic rings. The van der Waals surface area contributed by atoms with Crippen molar-refractivity contribution >= 4 is 51.0 Å². The quantitative estimate of drug-likeness (QED) is 0.686. The van der Waals surface area contributed by atoms with E-state index in [0.717, 1.165) is 21.8 Å². The van der Waals surface area contributed by atoms with Gasteiger partial charge in [0, 0.05) is 22.0 Å². The van der Waals surface area contributed by atoms with Gasteiger partial charge >= 0.3 is 5.97 Å². The van der Waals surface area contributed by atoms with Crippen molar-refractivity contribution in [2.75, 3.05) is 5.32 Å². The second-order valence-electron chi connectivity index (χ2n) is 6.75. The van der Waals surface area contributed by atoms with Crippen molar-refractivity contribution in [3.63, 3.8) is 0 Å². The van der Waals surface area contributed by atoms with Crippen molar-refractivity contribution in [1.82, 2.24) is 9.97 Å². The maximum absolute atomic E-state index is 12.7. The Bertz CT molecular complexity index is 1030. The molecule has 6 nitrogen and oxygen atoms in total. The third kappa shape index (κ3) is 2.62. The summed E-state index contributed by atoms with van der Waals surface area (Å²) in [5, 5.41) is 5.29. The summed E-state index contributed by atoms with van der Waals surface area (Å²) in [6.07, 6.45) is 3.50. The summed E-state index contributed by atoms with van der Waals surface area (Å²) in [5.74, 6) is -1.19. The molecule has 1 aliphatic rings. The Morgan fingerprint density at radius 2 is 2.20 bits per heavy atom. The Balaban J connectivity index is 1.77. The van der Waals surface area contributed by atoms with Gasteiger partial charge in [-0.2, -0.15) is 0 Å². The number of benzene rings is 1. The average Bonchev–Trinajstić information content (AvgIpc) is 3.04. The van der Waals surface area contributed by atoms with E-state index in [1.807, 2.05) is 12.1 Å². The fraction of sp³-hybridized carbons (Fsp3) is 0.278. The summed E-state index contributed by atoms with van der Waals surface area (Å²) in [7, 11) is 0. The number of nitrogens with zero attached hydrogens (tertiary/aromatic N) is 1. The standard InChI is InChI=1S/C18H16ClN3O3/c1-18(2)12(7-15(23)25-18)17(24)22-13-6-9(19)5-11-10-3-4-20-8-14(10)21-16(11)13/h3-6,8,12,21H,7H2,1-2H3,(H,22,24)/t12-/m0/s1. The van der Waals surface area contributed by atoms with Gasteiger partial charge in [-0.3, -0.25) is 14.6 Å². The van der Waals surface area contributed by atoms with E-state index in [9.17, 15) is 9.59 Å². The Morgan fingerprint density at radius 1 is 1.40 bits per heavy atom. The van der Waals surface area contributed by atoms with E-state index in [2.05, 4.69) is 15.3 Å². The molecule has 0 bridgehead atoms. The van der Waals surface area contributed by atoms with Crippen LogP contribution in [0.4, 0.5) is 5.69 Å². The van der Waals surface area contributed by atoms with Crippen LogP contribution < -0.4 is 5.32 Å². The van der Waals surface area contributed by atoms with Gasteiger partial charge in [0.25, 0.3) is 0 Å². The number of aromatic amines is 1. The lowest BCUT2D eigenvalue weighted by atomic mass is 9.90. The van der Waals surface area contributed by atoms with E-state index >= 15 is 0 Å². The number of cyclic esters (lactones) is 1. The van der Waals surface area contributed by atoms with E-state index in [0.29, 0.717) is 10.7 Å². The highest BCUT2D eigenvalue weighted by Crippen LogP contribution is 2.36. The van der Waals surface area contributed by atoms with Gasteiger partial charge in [0.1, 0.15) is 5.60 Å². The van der Waals surface area contributed by atoms with Crippen molar-refractivity contribution in [3.8, 4) is 0 Å². The molecule has 1 fully saturated rings. The van der Waals surface area contributed by atoms with Crippen LogP contribution in [0.15, 0.2) is 30.6 Å². The first-order valence-electron chi connectivity index (χ1n) is 7.93. The number of fused-ring (bicyclic) bond motifs is 3. The maximum Gasteiger partial charge on any atom is 0.307 e. The van der Waals surface area contributed by atoms with Gasteiger partial charge < -0.3 is 15.0 Å². The number of H-pyrrole nitrogens is 1. The van der Waals surface area contributed by atoms with Gasteiger partial charge in [-0.25, -0.2) is 0 Å². The normalized spacial score (nSPS) is 19.3. The first-order chi connectivity index (χ1) is 11.8. The molecule has 1 amide bonds. The predicted molar refractivity (Wildman–Crippen MR) is 95.5 cm³/mol. The lowest BCUT2D eigenvalue weighted by molar-refractivity contribution is -0.147. The van der Waals surface area contributed by atoms with E-state index in [-0.39, 0.29) is 18.3 Å². The molecule has 0 saturated carbocycles. The first-order valence-corrected chi connectivity index (χ1v) is 8.30. The number of carbonyl (C=O) groups excluding carboxylic acids is 2. The van der Waals surface area contributed by atoms with E-state index in [1.54, 1.807) is 32.3 Å². The number of hydrogen-bond acceptors (Lipinski definition) is 4. The molecule has 1 aromatic carbocycles. The molecule has 0 spiro atoms. The second kappa shape index (κ2) is 5.46. The van der Waals surface area contributed by atoms with Crippen molar-refractivity contribution < 1.29 is 14.3 Å². The molecule has 4 rings (SSSR count). The fourth-order valence-electron chi connectivity index (χ4n) is 3.36. The zero-order valence-electron chi connectivity index (χ0n) is 13.7. The SMILES string of the molecule is CC1(C)OC(=O)C[C@H]1C(=O)Nc1cc(Cl)cc2c1[nH]c1cnccc12. The molecular formula is C18H16ClN3O3. The van der Waals surface area contributed by atoms with Gasteiger partial charge in [0.15, 0.2) is 0 Å². The minimum absolute atomic E-state index is 0.0686. The molecule has 1 aliphatic heterocycles. The Labute approximate surface area is 148 Å². The summed E-state index contributed by atoms with van der Waals surface area (Å²) >= 11 is 6.24. The molecule has 0 radical (unpaired) electrons. The zero-order valence-corrected chi connectivity index (χ0v) is 14.5. The Morgan fingerprint density at radius 3 is 2.92 bits per heavy atom. The average molecular weight is 358 g/mol. The minimum Gasteiger partial charge on any atom is -0.459 e. The number of rotatable bonds is 2. The summed E-state index contributed by atoms with van der Waals surface area (Å²) in [5.41, 5.74) is 1.36. The number of aromatic nitrogens is 2. The molecule has 25 heavy (non-hydrogen) atoms. The van der Waals surface area contributed by atoms with Gasteiger partial charge in [-0.05, 0) is 32.0 Å². The minimum atomic E-state index is -0.830. The molecule has 2 N–H and O–H groups in total. The molecule has 1 atom stereocenters. The van der Waals surface area contributed by atoms with Crippen molar-refractivity contribution in [2.45, 2.75) is 25.9 Å². The molecule has 7 heteroatoms. The predicted octanol–water partition coefficient (Wildman–Crippen LogP) is 3.65. The molecule has 2 aromatic heterocycles. The third-order valence-corrected chi connectivity index (χ3v) is 4.85. The molecule has 0 unspecified atom stereocenters. The third-order valence-electron chi connectivity index (χ3n) is 4.64. The van der Waals surface area contributed by atoms with Crippen molar-refractivity contribution in [2.24, 2.45) is 5.92 Å². The number of halogens is 1. The molecule has 0 aliphatic carbocycles. The summed E-state index contributed by atoms with van der Waals surface area (Å²) in [6, 6.07) is 5.43. The van der Waals surface area contributed by atoms with Crippen LogP contribution in [-0.2, 0) is 14.3 Å². The van der Waals surface area contributed by atoms with E-state index < -0.39 is 11.5 Å². The Hall–Kier alpha value is -2.60. The van der Waals surface area contributed by atoms with E-state index in [1.165, 1.54) is 0 Å². The monoisotopic (exact) mass is 357 g/mol. The number of pyridine rings is 1. The van der Waals surface area contributed by atoms with Gasteiger partial charge in [-0.1, -0.05) is 11.6 Å². The van der Waals surface area contributed by atoms with Gasteiger partial charge in [0.05, 0.1) is 35.3 Å². The topological polar surface area (TPSA) is 84.1 Å². The van der Waals surface area contributed by atoms with Crippen LogP contribution in [0, 0.1) is 5.92 Å². The first kappa shape index (κ1) is 15.9. The number of anilines is 1. The molecule has 128 valence electrons. The molecule has 1 saturated heterocycles. The number of hydrogen-bond donors (Lipinski definition) is 2.